The highest BCUT2D eigenvalue weighted by Crippen LogP contribution is 2.29. The van der Waals surface area contributed by atoms with Crippen LogP contribution in [0.25, 0.3) is 0 Å². The van der Waals surface area contributed by atoms with Gasteiger partial charge in [0.25, 0.3) is 11.8 Å². The van der Waals surface area contributed by atoms with E-state index in [1.807, 2.05) is 0 Å². The number of nitrogens with two attached hydrogens (primary N) is 1. The Labute approximate surface area is 776 Å². The van der Waals surface area contributed by atoms with E-state index in [9.17, 15) is 137 Å². The van der Waals surface area contributed by atoms with Crippen LogP contribution in [0.1, 0.15) is 216 Å². The highest BCUT2D eigenvalue weighted by Gasteiger charge is 2.42. The van der Waals surface area contributed by atoms with E-state index >= 15 is 0 Å². The SMILES string of the molecule is CC[C@H](C)[C@H](NC(=O)[C@H](CO)CC(=O)[C@H](CC(C)C)NC(=O)[C@H](CC(=O)O)CC(=O)[C@H](CO)NC(=O)[C@@H](CC(=O)[C@H](Cc1ccccc1)NC(=O)[C@@H](CC(=O)CNC(=O)[C@H](CCC(=O)O)CC(=O)CSCC(=O)CCCN1C(=O)c2ccc(Cl)cc2C1=O)[C@@H](C)O)[C@@H](C)O)C(=O)C[C@@H](Cc1ccc(O)cc1)C(=O)N[C@@H](CC(C)C)C(=O)C[C@@H](CC(=O)O)C(=O)N[C@H](C)CCCCN. The molecule has 37 nitrogen and oxygen atoms in total. The number of fused-ring (bicyclic) bond motifs is 1. The van der Waals surface area contributed by atoms with Gasteiger partial charge in [0.15, 0.2) is 34.7 Å². The van der Waals surface area contributed by atoms with Crippen molar-refractivity contribution in [2.45, 2.75) is 246 Å². The van der Waals surface area contributed by atoms with Gasteiger partial charge < -0.3 is 83.8 Å². The van der Waals surface area contributed by atoms with Gasteiger partial charge in [0, 0.05) is 87.2 Å². The molecule has 17 N–H and O–H groups in total. The van der Waals surface area contributed by atoms with Crippen molar-refractivity contribution in [1.29, 1.82) is 0 Å². The summed E-state index contributed by atoms with van der Waals surface area (Å²) in [6.45, 7) is 11.5. The number of carbonyl (C=O) groups is 20. The molecule has 0 aliphatic carbocycles. The van der Waals surface area contributed by atoms with E-state index in [2.05, 4.69) is 37.2 Å². The summed E-state index contributed by atoms with van der Waals surface area (Å²) >= 11 is 6.91. The van der Waals surface area contributed by atoms with Crippen LogP contribution in [0.4, 0.5) is 0 Å². The number of aliphatic hydroxyl groups excluding tert-OH is 4. The Morgan fingerprint density at radius 2 is 0.939 bits per heavy atom. The Balaban J connectivity index is 1.46. The maximum atomic E-state index is 14.8. The number of amides is 9. The van der Waals surface area contributed by atoms with E-state index in [0.717, 1.165) is 30.5 Å². The quantitative estimate of drug-likeness (QED) is 0.0279. The number of nitrogens with one attached hydrogen (secondary N) is 7. The van der Waals surface area contributed by atoms with Gasteiger partial charge in [-0.3, -0.25) is 101 Å². The largest absolute Gasteiger partial charge is 0.508 e. The number of unbranched alkanes of at least 4 members (excludes halogenated alkanes) is 1. The third-order valence-electron chi connectivity index (χ3n) is 22.8. The number of hydrogen-bond donors (Lipinski definition) is 16. The third kappa shape index (κ3) is 39.5. The molecule has 0 radical (unpaired) electrons. The average Bonchev–Trinajstić information content (AvgIpc) is 1.63. The number of imide groups is 1. The number of benzene rings is 3. The number of rotatable bonds is 67. The number of phenolic OH excluding ortho intramolecular Hbond substituents is 1. The number of hydrogen-bond acceptors (Lipinski definition) is 27. The molecular formula is C93H130ClN9O28S. The number of aromatic hydroxyl groups is 1. The highest BCUT2D eigenvalue weighted by atomic mass is 35.5. The summed E-state index contributed by atoms with van der Waals surface area (Å²) < 4.78 is 0. The molecule has 0 fully saturated rings. The van der Waals surface area contributed by atoms with Gasteiger partial charge in [-0.2, -0.15) is 0 Å². The second-order valence-electron chi connectivity index (χ2n) is 34.9. The van der Waals surface area contributed by atoms with Crippen molar-refractivity contribution in [3.05, 3.63) is 100 Å². The zero-order valence-corrected chi connectivity index (χ0v) is 77.7. The van der Waals surface area contributed by atoms with E-state index in [-0.39, 0.29) is 109 Å². The molecule has 4 rings (SSSR count). The van der Waals surface area contributed by atoms with Crippen molar-refractivity contribution in [2.75, 3.05) is 44.4 Å². The smallest absolute Gasteiger partial charge is 0.304 e. The third-order valence-corrected chi connectivity index (χ3v) is 24.1. The van der Waals surface area contributed by atoms with E-state index in [1.54, 1.807) is 78.8 Å². The molecule has 9 amide bonds. The van der Waals surface area contributed by atoms with Crippen LogP contribution in [-0.4, -0.2) is 256 Å². The van der Waals surface area contributed by atoms with Gasteiger partial charge in [-0.1, -0.05) is 108 Å². The van der Waals surface area contributed by atoms with Crippen molar-refractivity contribution in [3.8, 4) is 5.75 Å². The molecule has 3 aromatic carbocycles. The minimum Gasteiger partial charge on any atom is -0.508 e. The monoisotopic (exact) mass is 1890 g/mol. The summed E-state index contributed by atoms with van der Waals surface area (Å²) in [6, 6.07) is 9.86. The maximum absolute atomic E-state index is 14.8. The molecule has 0 spiro atoms. The number of Topliss-reactive ketones (excluding diaryl/α,β-unsaturated/α-hetero) is 8. The summed E-state index contributed by atoms with van der Waals surface area (Å²) in [4.78, 5) is 273. The van der Waals surface area contributed by atoms with Crippen molar-refractivity contribution in [2.24, 2.45) is 64.9 Å². The topological polar surface area (TPSA) is 617 Å². The normalized spacial score (nSPS) is 15.5. The Hall–Kier alpha value is -10.9. The minimum atomic E-state index is -1.96. The number of ketones is 8. The zero-order chi connectivity index (χ0) is 98.9. The van der Waals surface area contributed by atoms with E-state index < -0.39 is 291 Å². The van der Waals surface area contributed by atoms with Gasteiger partial charge in [0.1, 0.15) is 23.4 Å². The molecule has 0 saturated carbocycles. The first kappa shape index (κ1) is 113. The molecule has 3 aromatic rings. The Morgan fingerprint density at radius 3 is 1.47 bits per heavy atom. The number of phenols is 1. The standard InChI is InChI=1S/C93H130ClN9O28S/c1-10-52(6)84(80(116)38-59(33-57-21-25-64(108)26-22-57)87(125)98-72(31-50(2)3)76(112)36-60(40-82(119)120)86(124)97-53(7)17-14-15-29-95)102-89(127)62(46-104)39-77(113)73(32-51(4)5)99-88(126)61(41-83(121)122)37-78(114)75(47-105)101-91(129)70(55(9)107)44-79(115)74(34-56-18-12-11-13-19-56)100-90(128)69(54(8)106)43-66(110)45-96-85(123)58(23-28-81(117)118)35-67(111)49-132-48-65(109)20-16-30-103-92(130)68-27-24-63(94)42-71(68)93(103)131/h11-13,18-19,21-22,24-27,42,50-55,58-62,69-70,72-75,84,104-108H,10,14-17,20,23,28-41,43-49,95H2,1-9H3,(H,96,123)(H,97,124)(H,98,125)(H,99,126)(H,100,128)(H,101,129)(H,102,127)(H,117,118)(H,119,120)(H,121,122)/t52-,53+,54+,55+,58+,59+,60-,61-,62-,69-,70-,72-,73-,74-,75-,84-/m0/s1. The van der Waals surface area contributed by atoms with Crippen molar-refractivity contribution >= 4 is 141 Å². The second-order valence-corrected chi connectivity index (χ2v) is 36.4. The fourth-order valence-corrected chi connectivity index (χ4v) is 16.1. The molecule has 0 bridgehead atoms. The predicted molar refractivity (Wildman–Crippen MR) is 483 cm³/mol. The number of aliphatic carboxylic acids is 3. The van der Waals surface area contributed by atoms with E-state index in [1.165, 1.54) is 42.5 Å². The summed E-state index contributed by atoms with van der Waals surface area (Å²) in [5.41, 5.74) is 6.85. The lowest BCUT2D eigenvalue weighted by molar-refractivity contribution is -0.143. The van der Waals surface area contributed by atoms with Crippen LogP contribution in [-0.2, 0) is 99.1 Å². The average molecular weight is 1890 g/mol. The highest BCUT2D eigenvalue weighted by molar-refractivity contribution is 8.00. The first-order chi connectivity index (χ1) is 62.2. The van der Waals surface area contributed by atoms with Gasteiger partial charge in [0.2, 0.25) is 41.4 Å². The molecular weight excluding hydrogens is 1760 g/mol. The summed E-state index contributed by atoms with van der Waals surface area (Å²) in [7, 11) is 0. The van der Waals surface area contributed by atoms with Gasteiger partial charge in [-0.05, 0) is 138 Å². The fraction of sp³-hybridized carbons (Fsp3) is 0.591. The number of carboxylic acid groups (broad SMARTS) is 3. The molecule has 39 heteroatoms. The van der Waals surface area contributed by atoms with Crippen LogP contribution < -0.4 is 43.0 Å². The van der Waals surface area contributed by atoms with Crippen molar-refractivity contribution in [1.82, 2.24) is 42.1 Å². The molecule has 1 aliphatic heterocycles. The van der Waals surface area contributed by atoms with Crippen LogP contribution in [0.2, 0.25) is 5.02 Å². The van der Waals surface area contributed by atoms with Crippen molar-refractivity contribution < 1.29 is 137 Å². The number of thioether (sulfide) groups is 1. The lowest BCUT2D eigenvalue weighted by atomic mass is 9.85. The summed E-state index contributed by atoms with van der Waals surface area (Å²) in [5.74, 6) is -30.9. The lowest BCUT2D eigenvalue weighted by Crippen LogP contribution is -2.52. The Morgan fingerprint density at radius 1 is 0.447 bits per heavy atom. The van der Waals surface area contributed by atoms with E-state index in [0.29, 0.717) is 36.9 Å². The molecule has 0 unspecified atom stereocenters. The molecule has 728 valence electrons. The van der Waals surface area contributed by atoms with E-state index in [4.69, 9.17) is 17.3 Å². The van der Waals surface area contributed by atoms with Crippen LogP contribution in [0.15, 0.2) is 72.8 Å². The first-order valence-corrected chi connectivity index (χ1v) is 46.0. The minimum absolute atomic E-state index is 0.0378. The number of aliphatic hydroxyl groups is 4. The second kappa shape index (κ2) is 57.5. The van der Waals surface area contributed by atoms with Gasteiger partial charge in [-0.25, -0.2) is 0 Å². The Kier molecular flexibility index (Phi) is 49.4. The lowest BCUT2D eigenvalue weighted by Gasteiger charge is -2.29. The van der Waals surface area contributed by atoms with Crippen LogP contribution in [0.3, 0.4) is 0 Å². The van der Waals surface area contributed by atoms with Crippen LogP contribution in [0.5, 0.6) is 5.75 Å². The first-order valence-electron chi connectivity index (χ1n) is 44.5. The number of carboxylic acids is 3. The van der Waals surface area contributed by atoms with Crippen LogP contribution in [0, 0.1) is 59.2 Å². The van der Waals surface area contributed by atoms with Crippen molar-refractivity contribution in [3.63, 3.8) is 0 Å². The van der Waals surface area contributed by atoms with Gasteiger partial charge in [0.05, 0.1) is 121 Å². The number of nitrogens with zero attached hydrogens (tertiary/aromatic N) is 1. The van der Waals surface area contributed by atoms with Gasteiger partial charge in [-0.15, -0.1) is 11.8 Å². The molecule has 0 aromatic heterocycles. The maximum Gasteiger partial charge on any atom is 0.304 e. The fourth-order valence-electron chi connectivity index (χ4n) is 15.1. The molecule has 0 saturated heterocycles. The summed E-state index contributed by atoms with van der Waals surface area (Å²) in [5, 5.41) is 101. The predicted octanol–water partition coefficient (Wildman–Crippen LogP) is 4.11. The number of halogens is 1. The summed E-state index contributed by atoms with van der Waals surface area (Å²) in [6.07, 6.45) is -9.55. The molecule has 1 aliphatic rings. The van der Waals surface area contributed by atoms with Crippen LogP contribution >= 0.6 is 23.4 Å². The Bertz CT molecular complexity index is 4510. The molecule has 1 heterocycles. The number of carbonyl (C=O) groups excluding carboxylic acids is 17. The molecule has 132 heavy (non-hydrogen) atoms. The molecule has 16 atom stereocenters. The zero-order valence-electron chi connectivity index (χ0n) is 76.2. The van der Waals surface area contributed by atoms with Gasteiger partial charge >= 0.3 is 17.9 Å².